The van der Waals surface area contributed by atoms with Crippen LogP contribution in [-0.2, 0) is 10.8 Å². The minimum Gasteiger partial charge on any atom is -0.310 e. The number of hydrogen-bond acceptors (Lipinski definition) is 1. The van der Waals surface area contributed by atoms with Crippen LogP contribution in [0.1, 0.15) is 44.5 Å². The average Bonchev–Trinajstić information content (AvgIpc) is 4.16. The van der Waals surface area contributed by atoms with Crippen molar-refractivity contribution in [3.05, 3.63) is 317 Å². The molecule has 0 N–H and O–H groups in total. The summed E-state index contributed by atoms with van der Waals surface area (Å²) >= 11 is 0. The molecule has 0 aromatic heterocycles. The normalized spacial score (nSPS) is 15.3. The summed E-state index contributed by atoms with van der Waals surface area (Å²) in [5.41, 5.74) is 28.7. The summed E-state index contributed by atoms with van der Waals surface area (Å²) in [6.45, 7) is 0. The first kappa shape index (κ1) is 40.4. The Kier molecular flexibility index (Phi) is 8.37. The molecule has 4 aliphatic rings. The molecule has 1 nitrogen and oxygen atoms in total. The van der Waals surface area contributed by atoms with Gasteiger partial charge in [-0.1, -0.05) is 231 Å². The SMILES string of the molecule is c1ccc(-c2ccc(N(c3ccc(-c4ccc5c(c4)-c4ccccc4C54c5ccccc5-c5ccccc54)cc3)c3ccc4c(c3)-c3ccccc3C43c4ccccc4-c4c3ccc3ccccc43)cc2)cc1. The molecule has 16 rings (SSSR count). The topological polar surface area (TPSA) is 3.24 Å². The van der Waals surface area contributed by atoms with Gasteiger partial charge in [0, 0.05) is 17.1 Å². The second kappa shape index (κ2) is 15.1. The van der Waals surface area contributed by atoms with E-state index in [1.54, 1.807) is 0 Å². The minimum absolute atomic E-state index is 0.354. The second-order valence-corrected chi connectivity index (χ2v) is 20.2. The molecule has 0 saturated heterocycles. The molecule has 4 aliphatic carbocycles. The van der Waals surface area contributed by atoms with Crippen LogP contribution in [0.15, 0.2) is 273 Å². The minimum atomic E-state index is -0.440. The molecular formula is C72H45N. The smallest absolute Gasteiger partial charge is 0.0725 e. The lowest BCUT2D eigenvalue weighted by molar-refractivity contribution is 0.794. The molecule has 1 atom stereocenters. The number of anilines is 3. The van der Waals surface area contributed by atoms with Crippen LogP contribution < -0.4 is 4.90 Å². The Morgan fingerprint density at radius 3 is 1.18 bits per heavy atom. The molecule has 2 spiro atoms. The Morgan fingerprint density at radius 1 is 0.219 bits per heavy atom. The fourth-order valence-electron chi connectivity index (χ4n) is 14.0. The third kappa shape index (κ3) is 5.36. The lowest BCUT2D eigenvalue weighted by atomic mass is 9.70. The number of benzene rings is 12. The van der Waals surface area contributed by atoms with Crippen LogP contribution in [0.4, 0.5) is 17.1 Å². The van der Waals surface area contributed by atoms with Gasteiger partial charge in [-0.15, -0.1) is 0 Å². The number of nitrogens with zero attached hydrogens (tertiary/aromatic N) is 1. The summed E-state index contributed by atoms with van der Waals surface area (Å²) in [6, 6.07) is 102. The Balaban J connectivity index is 0.843. The van der Waals surface area contributed by atoms with Gasteiger partial charge in [0.1, 0.15) is 0 Å². The average molecular weight is 924 g/mol. The molecule has 0 saturated carbocycles. The maximum atomic E-state index is 2.46. The molecule has 73 heavy (non-hydrogen) atoms. The predicted molar refractivity (Wildman–Crippen MR) is 302 cm³/mol. The van der Waals surface area contributed by atoms with Gasteiger partial charge in [-0.25, -0.2) is 0 Å². The highest BCUT2D eigenvalue weighted by Crippen LogP contribution is 2.65. The van der Waals surface area contributed by atoms with E-state index in [9.17, 15) is 0 Å². The molecule has 1 unspecified atom stereocenters. The Bertz CT molecular complexity index is 4210. The van der Waals surface area contributed by atoms with Crippen molar-refractivity contribution in [1.29, 1.82) is 0 Å². The summed E-state index contributed by atoms with van der Waals surface area (Å²) in [6.07, 6.45) is 0. The number of rotatable bonds is 5. The van der Waals surface area contributed by atoms with Crippen LogP contribution in [0.3, 0.4) is 0 Å². The molecule has 0 fully saturated rings. The van der Waals surface area contributed by atoms with E-state index < -0.39 is 5.41 Å². The third-order valence-corrected chi connectivity index (χ3v) is 16.9. The monoisotopic (exact) mass is 923 g/mol. The van der Waals surface area contributed by atoms with E-state index in [2.05, 4.69) is 278 Å². The van der Waals surface area contributed by atoms with Crippen LogP contribution in [0.2, 0.25) is 0 Å². The van der Waals surface area contributed by atoms with Crippen molar-refractivity contribution in [1.82, 2.24) is 0 Å². The zero-order chi connectivity index (χ0) is 47.8. The maximum Gasteiger partial charge on any atom is 0.0725 e. The van der Waals surface area contributed by atoms with Crippen LogP contribution in [0.5, 0.6) is 0 Å². The standard InChI is InChI=1S/C72H45N/c1-2-16-46(17-3-1)47-30-36-51(37-31-47)73(53-40-43-68-61(45-53)58-23-9-14-28-65(58)72(68)66-29-15-10-24-59(66)70-54-19-5-4-18-49(54)34-42-69(70)72)52-38-32-48(33-39-52)50-35-41-67-60(44-50)57-22-8-13-27-64(57)71(67)62-25-11-6-20-55(62)56-21-7-12-26-63(56)71/h1-45H. The first-order valence-corrected chi connectivity index (χ1v) is 25.6. The zero-order valence-corrected chi connectivity index (χ0v) is 39.9. The van der Waals surface area contributed by atoms with Crippen molar-refractivity contribution in [2.45, 2.75) is 10.8 Å². The summed E-state index contributed by atoms with van der Waals surface area (Å²) in [5, 5.41) is 2.57. The number of fused-ring (bicyclic) bond motifs is 22. The van der Waals surface area contributed by atoms with Crippen LogP contribution >= 0.6 is 0 Å². The molecular weight excluding hydrogens is 879 g/mol. The molecule has 0 amide bonds. The summed E-state index contributed by atoms with van der Waals surface area (Å²) in [4.78, 5) is 2.44. The van der Waals surface area contributed by atoms with Gasteiger partial charge in [-0.2, -0.15) is 0 Å². The van der Waals surface area contributed by atoms with Crippen LogP contribution in [-0.4, -0.2) is 0 Å². The highest BCUT2D eigenvalue weighted by atomic mass is 15.1. The van der Waals surface area contributed by atoms with Gasteiger partial charge in [0.2, 0.25) is 0 Å². The summed E-state index contributed by atoms with van der Waals surface area (Å²) in [5.74, 6) is 0. The summed E-state index contributed by atoms with van der Waals surface area (Å²) < 4.78 is 0. The van der Waals surface area contributed by atoms with E-state index >= 15 is 0 Å². The largest absolute Gasteiger partial charge is 0.310 e. The molecule has 0 radical (unpaired) electrons. The molecule has 0 heterocycles. The second-order valence-electron chi connectivity index (χ2n) is 20.2. The summed E-state index contributed by atoms with van der Waals surface area (Å²) in [7, 11) is 0. The highest BCUT2D eigenvalue weighted by Gasteiger charge is 2.53. The molecule has 0 bridgehead atoms. The number of hydrogen-bond donors (Lipinski definition) is 0. The van der Waals surface area contributed by atoms with Crippen LogP contribution in [0, 0.1) is 0 Å². The van der Waals surface area contributed by atoms with Gasteiger partial charge >= 0.3 is 0 Å². The van der Waals surface area contributed by atoms with Crippen molar-refractivity contribution in [2.24, 2.45) is 0 Å². The van der Waals surface area contributed by atoms with E-state index in [-0.39, 0.29) is 5.41 Å². The lowest BCUT2D eigenvalue weighted by Crippen LogP contribution is -2.25. The fourth-order valence-corrected chi connectivity index (χ4v) is 14.0. The molecule has 12 aromatic rings. The van der Waals surface area contributed by atoms with Gasteiger partial charge in [-0.3, -0.25) is 0 Å². The van der Waals surface area contributed by atoms with Crippen molar-refractivity contribution in [3.63, 3.8) is 0 Å². The van der Waals surface area contributed by atoms with Crippen molar-refractivity contribution in [3.8, 4) is 66.8 Å². The van der Waals surface area contributed by atoms with Crippen molar-refractivity contribution >= 4 is 27.8 Å². The van der Waals surface area contributed by atoms with Crippen LogP contribution in [0.25, 0.3) is 77.5 Å². The Labute approximate surface area is 425 Å². The first-order chi connectivity index (χ1) is 36.2. The quantitative estimate of drug-likeness (QED) is 0.166. The van der Waals surface area contributed by atoms with E-state index in [1.807, 2.05) is 0 Å². The Hall–Kier alpha value is -9.30. The molecule has 12 aromatic carbocycles. The molecule has 0 aliphatic heterocycles. The Morgan fingerprint density at radius 2 is 0.589 bits per heavy atom. The van der Waals surface area contributed by atoms with E-state index in [0.29, 0.717) is 0 Å². The molecule has 338 valence electrons. The maximum absolute atomic E-state index is 2.46. The third-order valence-electron chi connectivity index (χ3n) is 16.9. The van der Waals surface area contributed by atoms with E-state index in [1.165, 1.54) is 122 Å². The fraction of sp³-hybridized carbons (Fsp3) is 0.0278. The van der Waals surface area contributed by atoms with E-state index in [0.717, 1.165) is 17.1 Å². The van der Waals surface area contributed by atoms with E-state index in [4.69, 9.17) is 0 Å². The predicted octanol–water partition coefficient (Wildman–Crippen LogP) is 18.3. The zero-order valence-electron chi connectivity index (χ0n) is 39.9. The van der Waals surface area contributed by atoms with Gasteiger partial charge in [-0.05, 0) is 165 Å². The lowest BCUT2D eigenvalue weighted by Gasteiger charge is -2.31. The van der Waals surface area contributed by atoms with Gasteiger partial charge < -0.3 is 4.90 Å². The van der Waals surface area contributed by atoms with Crippen molar-refractivity contribution in [2.75, 3.05) is 4.90 Å². The van der Waals surface area contributed by atoms with Gasteiger partial charge in [0.25, 0.3) is 0 Å². The van der Waals surface area contributed by atoms with Gasteiger partial charge in [0.15, 0.2) is 0 Å². The highest BCUT2D eigenvalue weighted by molar-refractivity contribution is 6.06. The van der Waals surface area contributed by atoms with Crippen molar-refractivity contribution < 1.29 is 0 Å². The van der Waals surface area contributed by atoms with Gasteiger partial charge in [0.05, 0.1) is 10.8 Å². The first-order valence-electron chi connectivity index (χ1n) is 25.6. The molecule has 1 heteroatoms.